The average molecular weight is 197 g/mol. The molecule has 0 spiro atoms. The van der Waals surface area contributed by atoms with Crippen LogP contribution in [0.15, 0.2) is 24.3 Å². The molecule has 0 aliphatic carbocycles. The summed E-state index contributed by atoms with van der Waals surface area (Å²) in [5.74, 6) is 0.496. The average Bonchev–Trinajstić information content (AvgIpc) is 2.15. The monoisotopic (exact) mass is 197 g/mol. The minimum Gasteiger partial charge on any atom is -0.494 e. The van der Waals surface area contributed by atoms with Gasteiger partial charge < -0.3 is 9.64 Å². The third-order valence-electron chi connectivity index (χ3n) is 1.83. The van der Waals surface area contributed by atoms with E-state index in [1.165, 1.54) is 12.1 Å². The molecule has 0 atom stereocenters. The van der Waals surface area contributed by atoms with Gasteiger partial charge in [0.25, 0.3) is 0 Å². The number of hydrogen-bond acceptors (Lipinski definition) is 2. The number of nitrogens with zero attached hydrogens (tertiary/aromatic N) is 1. The zero-order valence-electron chi connectivity index (χ0n) is 8.66. The molecule has 0 saturated carbocycles. The van der Waals surface area contributed by atoms with Gasteiger partial charge in [0.05, 0.1) is 6.61 Å². The van der Waals surface area contributed by atoms with Gasteiger partial charge in [-0.3, -0.25) is 0 Å². The van der Waals surface area contributed by atoms with Crippen molar-refractivity contribution in [2.24, 2.45) is 0 Å². The van der Waals surface area contributed by atoms with Crippen LogP contribution in [0, 0.1) is 5.82 Å². The van der Waals surface area contributed by atoms with Gasteiger partial charge in [-0.1, -0.05) is 0 Å². The summed E-state index contributed by atoms with van der Waals surface area (Å²) in [6, 6.07) is 6.10. The molecule has 0 saturated heterocycles. The van der Waals surface area contributed by atoms with Crippen LogP contribution in [0.25, 0.3) is 0 Å². The molecule has 1 aromatic rings. The standard InChI is InChI=1S/C11H16FNO/c1-13(2)8-3-9-14-11-6-4-10(12)5-7-11/h4-7H,3,8-9H2,1-2H3. The predicted molar refractivity (Wildman–Crippen MR) is 55.1 cm³/mol. The van der Waals surface area contributed by atoms with Crippen LogP contribution in [0.1, 0.15) is 6.42 Å². The van der Waals surface area contributed by atoms with Crippen LogP contribution in [0.3, 0.4) is 0 Å². The van der Waals surface area contributed by atoms with Gasteiger partial charge in [-0.25, -0.2) is 4.39 Å². The highest BCUT2D eigenvalue weighted by Gasteiger charge is 1.95. The van der Waals surface area contributed by atoms with E-state index in [-0.39, 0.29) is 5.82 Å². The number of hydrogen-bond donors (Lipinski definition) is 0. The molecule has 0 N–H and O–H groups in total. The van der Waals surface area contributed by atoms with Crippen LogP contribution in [0.5, 0.6) is 5.75 Å². The lowest BCUT2D eigenvalue weighted by molar-refractivity contribution is 0.281. The fourth-order valence-corrected chi connectivity index (χ4v) is 1.10. The zero-order valence-corrected chi connectivity index (χ0v) is 8.66. The Bertz CT molecular complexity index is 258. The summed E-state index contributed by atoms with van der Waals surface area (Å²) in [6.07, 6.45) is 0.977. The van der Waals surface area contributed by atoms with Crippen LogP contribution in [0.2, 0.25) is 0 Å². The number of halogens is 1. The van der Waals surface area contributed by atoms with E-state index in [4.69, 9.17) is 4.74 Å². The first kappa shape index (κ1) is 11.0. The quantitative estimate of drug-likeness (QED) is 0.671. The van der Waals surface area contributed by atoms with E-state index >= 15 is 0 Å². The Balaban J connectivity index is 2.21. The highest BCUT2D eigenvalue weighted by atomic mass is 19.1. The molecule has 2 nitrogen and oxygen atoms in total. The Kier molecular flexibility index (Phi) is 4.40. The molecule has 0 aromatic heterocycles. The maximum atomic E-state index is 12.5. The second-order valence-corrected chi connectivity index (χ2v) is 3.46. The van der Waals surface area contributed by atoms with E-state index < -0.39 is 0 Å². The summed E-state index contributed by atoms with van der Waals surface area (Å²) in [7, 11) is 4.05. The Labute approximate surface area is 84.3 Å². The van der Waals surface area contributed by atoms with Crippen molar-refractivity contribution in [3.8, 4) is 5.75 Å². The molecule has 3 heteroatoms. The minimum atomic E-state index is -0.231. The summed E-state index contributed by atoms with van der Waals surface area (Å²) in [6.45, 7) is 1.67. The summed E-state index contributed by atoms with van der Waals surface area (Å²) < 4.78 is 17.9. The predicted octanol–water partition coefficient (Wildman–Crippen LogP) is 2.16. The van der Waals surface area contributed by atoms with Gasteiger partial charge in [0.1, 0.15) is 11.6 Å². The molecule has 0 amide bonds. The van der Waals surface area contributed by atoms with E-state index in [9.17, 15) is 4.39 Å². The summed E-state index contributed by atoms with van der Waals surface area (Å²) in [5, 5.41) is 0. The third kappa shape index (κ3) is 4.23. The van der Waals surface area contributed by atoms with Gasteiger partial charge in [-0.2, -0.15) is 0 Å². The van der Waals surface area contributed by atoms with Crippen LogP contribution < -0.4 is 4.74 Å². The van der Waals surface area contributed by atoms with Crippen LogP contribution in [0.4, 0.5) is 4.39 Å². The molecule has 14 heavy (non-hydrogen) atoms. The van der Waals surface area contributed by atoms with Crippen LogP contribution >= 0.6 is 0 Å². The lowest BCUT2D eigenvalue weighted by Crippen LogP contribution is -2.15. The van der Waals surface area contributed by atoms with Crippen molar-refractivity contribution >= 4 is 0 Å². The lowest BCUT2D eigenvalue weighted by Gasteiger charge is -2.10. The van der Waals surface area contributed by atoms with Crippen molar-refractivity contribution in [2.75, 3.05) is 27.2 Å². The summed E-state index contributed by atoms with van der Waals surface area (Å²) >= 11 is 0. The Morgan fingerprint density at radius 3 is 2.43 bits per heavy atom. The second kappa shape index (κ2) is 5.60. The molecule has 0 fully saturated rings. The van der Waals surface area contributed by atoms with Gasteiger partial charge in [0.15, 0.2) is 0 Å². The molecule has 0 aliphatic heterocycles. The Morgan fingerprint density at radius 1 is 1.21 bits per heavy atom. The minimum absolute atomic E-state index is 0.231. The van der Waals surface area contributed by atoms with Crippen molar-refractivity contribution < 1.29 is 9.13 Å². The Hall–Kier alpha value is -1.09. The lowest BCUT2D eigenvalue weighted by atomic mass is 10.3. The van der Waals surface area contributed by atoms with Gasteiger partial charge in [0.2, 0.25) is 0 Å². The zero-order chi connectivity index (χ0) is 10.4. The molecule has 0 radical (unpaired) electrons. The van der Waals surface area contributed by atoms with E-state index in [1.54, 1.807) is 12.1 Å². The van der Waals surface area contributed by atoms with Gasteiger partial charge in [-0.05, 0) is 44.8 Å². The van der Waals surface area contributed by atoms with Crippen molar-refractivity contribution in [1.29, 1.82) is 0 Å². The van der Waals surface area contributed by atoms with E-state index in [0.717, 1.165) is 18.7 Å². The van der Waals surface area contributed by atoms with Gasteiger partial charge >= 0.3 is 0 Å². The first-order valence-electron chi connectivity index (χ1n) is 4.71. The van der Waals surface area contributed by atoms with E-state index in [0.29, 0.717) is 6.61 Å². The molecule has 0 bridgehead atoms. The van der Waals surface area contributed by atoms with Crippen molar-refractivity contribution in [2.45, 2.75) is 6.42 Å². The third-order valence-corrected chi connectivity index (χ3v) is 1.83. The van der Waals surface area contributed by atoms with Gasteiger partial charge in [0, 0.05) is 6.54 Å². The normalized spacial score (nSPS) is 10.6. The first-order chi connectivity index (χ1) is 6.68. The molecule has 78 valence electrons. The largest absolute Gasteiger partial charge is 0.494 e. The molecule has 0 unspecified atom stereocenters. The molecule has 0 aliphatic rings. The van der Waals surface area contributed by atoms with Gasteiger partial charge in [-0.15, -0.1) is 0 Å². The van der Waals surface area contributed by atoms with E-state index in [2.05, 4.69) is 4.90 Å². The molecule has 1 aromatic carbocycles. The highest BCUT2D eigenvalue weighted by molar-refractivity contribution is 5.21. The maximum Gasteiger partial charge on any atom is 0.123 e. The molecule has 1 rings (SSSR count). The summed E-state index contributed by atoms with van der Waals surface area (Å²) in [5.41, 5.74) is 0. The SMILES string of the molecule is CN(C)CCCOc1ccc(F)cc1. The van der Waals surface area contributed by atoms with Crippen LogP contribution in [-0.4, -0.2) is 32.1 Å². The topological polar surface area (TPSA) is 12.5 Å². The second-order valence-electron chi connectivity index (χ2n) is 3.46. The Morgan fingerprint density at radius 2 is 1.86 bits per heavy atom. The first-order valence-corrected chi connectivity index (χ1v) is 4.71. The molecular weight excluding hydrogens is 181 g/mol. The fraction of sp³-hybridized carbons (Fsp3) is 0.455. The number of rotatable bonds is 5. The number of benzene rings is 1. The number of ether oxygens (including phenoxy) is 1. The fourth-order valence-electron chi connectivity index (χ4n) is 1.10. The smallest absolute Gasteiger partial charge is 0.123 e. The van der Waals surface area contributed by atoms with Crippen molar-refractivity contribution in [3.63, 3.8) is 0 Å². The van der Waals surface area contributed by atoms with Crippen molar-refractivity contribution in [1.82, 2.24) is 4.90 Å². The molecule has 0 heterocycles. The van der Waals surface area contributed by atoms with Crippen molar-refractivity contribution in [3.05, 3.63) is 30.1 Å². The van der Waals surface area contributed by atoms with E-state index in [1.807, 2.05) is 14.1 Å². The summed E-state index contributed by atoms with van der Waals surface area (Å²) in [4.78, 5) is 2.11. The van der Waals surface area contributed by atoms with Crippen LogP contribution in [-0.2, 0) is 0 Å². The highest BCUT2D eigenvalue weighted by Crippen LogP contribution is 2.10. The molecular formula is C11H16FNO. The maximum absolute atomic E-state index is 12.5.